The average molecular weight is 278 g/mol. The lowest BCUT2D eigenvalue weighted by Crippen LogP contribution is -2.29. The Balaban J connectivity index is 1.88. The van der Waals surface area contributed by atoms with Crippen LogP contribution in [0.15, 0.2) is 23.7 Å². The summed E-state index contributed by atoms with van der Waals surface area (Å²) in [6.45, 7) is 4.20. The number of nitrogens with one attached hydrogen (secondary N) is 2. The smallest absolute Gasteiger partial charge is 0.0794 e. The minimum absolute atomic E-state index is 0.508. The van der Waals surface area contributed by atoms with E-state index >= 15 is 0 Å². The SMILES string of the molecule is CC(CCN(C)C)NCc1cn[nH]c1-c1cccs1. The van der Waals surface area contributed by atoms with E-state index in [1.54, 1.807) is 11.3 Å². The van der Waals surface area contributed by atoms with Crippen LogP contribution in [0.1, 0.15) is 18.9 Å². The largest absolute Gasteiger partial charge is 0.310 e. The van der Waals surface area contributed by atoms with Crippen molar-refractivity contribution in [3.8, 4) is 10.6 Å². The zero-order valence-corrected chi connectivity index (χ0v) is 12.6. The third-order valence-electron chi connectivity index (χ3n) is 3.14. The lowest BCUT2D eigenvalue weighted by molar-refractivity contribution is 0.366. The molecule has 2 heterocycles. The molecule has 0 spiro atoms. The highest BCUT2D eigenvalue weighted by molar-refractivity contribution is 7.13. The Morgan fingerprint density at radius 2 is 2.32 bits per heavy atom. The summed E-state index contributed by atoms with van der Waals surface area (Å²) in [6.07, 6.45) is 3.07. The van der Waals surface area contributed by atoms with Gasteiger partial charge in [-0.2, -0.15) is 5.10 Å². The molecule has 2 N–H and O–H groups in total. The van der Waals surface area contributed by atoms with E-state index in [0.717, 1.165) is 25.2 Å². The number of hydrogen-bond donors (Lipinski definition) is 2. The Hall–Kier alpha value is -1.17. The minimum atomic E-state index is 0.508. The van der Waals surface area contributed by atoms with E-state index in [4.69, 9.17) is 0 Å². The average Bonchev–Trinajstić information content (AvgIpc) is 3.03. The monoisotopic (exact) mass is 278 g/mol. The fraction of sp³-hybridized carbons (Fsp3) is 0.500. The van der Waals surface area contributed by atoms with Gasteiger partial charge in [-0.15, -0.1) is 11.3 Å². The predicted octanol–water partition coefficient (Wildman–Crippen LogP) is 2.57. The maximum atomic E-state index is 4.16. The van der Waals surface area contributed by atoms with E-state index in [0.29, 0.717) is 6.04 Å². The van der Waals surface area contributed by atoms with E-state index in [-0.39, 0.29) is 0 Å². The minimum Gasteiger partial charge on any atom is -0.310 e. The molecule has 0 aliphatic rings. The molecule has 2 aromatic rings. The van der Waals surface area contributed by atoms with Gasteiger partial charge in [-0.05, 0) is 45.4 Å². The van der Waals surface area contributed by atoms with Crippen molar-refractivity contribution in [3.05, 3.63) is 29.3 Å². The van der Waals surface area contributed by atoms with Crippen LogP contribution < -0.4 is 5.32 Å². The summed E-state index contributed by atoms with van der Waals surface area (Å²) in [4.78, 5) is 3.46. The molecule has 0 aromatic carbocycles. The van der Waals surface area contributed by atoms with E-state index in [2.05, 4.69) is 58.9 Å². The van der Waals surface area contributed by atoms with Gasteiger partial charge in [0.25, 0.3) is 0 Å². The van der Waals surface area contributed by atoms with Gasteiger partial charge in [-0.3, -0.25) is 5.10 Å². The van der Waals surface area contributed by atoms with Gasteiger partial charge in [-0.1, -0.05) is 6.07 Å². The van der Waals surface area contributed by atoms with Crippen LogP contribution >= 0.6 is 11.3 Å². The van der Waals surface area contributed by atoms with Gasteiger partial charge in [0.05, 0.1) is 16.8 Å². The molecular formula is C14H22N4S. The van der Waals surface area contributed by atoms with Crippen molar-refractivity contribution in [2.24, 2.45) is 0 Å². The molecule has 2 aromatic heterocycles. The number of aromatic nitrogens is 2. The Morgan fingerprint density at radius 1 is 1.47 bits per heavy atom. The van der Waals surface area contributed by atoms with Gasteiger partial charge in [0.2, 0.25) is 0 Å². The normalized spacial score (nSPS) is 13.1. The number of thiophene rings is 1. The first kappa shape index (κ1) is 14.2. The van der Waals surface area contributed by atoms with E-state index < -0.39 is 0 Å². The molecule has 5 heteroatoms. The van der Waals surface area contributed by atoms with Crippen molar-refractivity contribution in [2.45, 2.75) is 25.9 Å². The van der Waals surface area contributed by atoms with Crippen molar-refractivity contribution in [1.82, 2.24) is 20.4 Å². The van der Waals surface area contributed by atoms with E-state index in [1.165, 1.54) is 10.4 Å². The fourth-order valence-electron chi connectivity index (χ4n) is 1.92. The molecule has 0 saturated heterocycles. The maximum Gasteiger partial charge on any atom is 0.0794 e. The molecule has 1 unspecified atom stereocenters. The summed E-state index contributed by atoms with van der Waals surface area (Å²) < 4.78 is 0. The zero-order valence-electron chi connectivity index (χ0n) is 11.8. The van der Waals surface area contributed by atoms with Crippen molar-refractivity contribution in [3.63, 3.8) is 0 Å². The van der Waals surface area contributed by atoms with E-state index in [1.807, 2.05) is 6.20 Å². The van der Waals surface area contributed by atoms with Crippen LogP contribution in [0.2, 0.25) is 0 Å². The summed E-state index contributed by atoms with van der Waals surface area (Å²) in [7, 11) is 4.22. The number of H-pyrrole nitrogens is 1. The van der Waals surface area contributed by atoms with Crippen molar-refractivity contribution < 1.29 is 0 Å². The first-order chi connectivity index (χ1) is 9.16. The molecule has 0 saturated carbocycles. The Kier molecular flexibility index (Phi) is 5.13. The molecule has 0 radical (unpaired) electrons. The number of aromatic amines is 1. The summed E-state index contributed by atoms with van der Waals surface area (Å²) in [5.41, 5.74) is 2.38. The van der Waals surface area contributed by atoms with Crippen LogP contribution in [0.5, 0.6) is 0 Å². The lowest BCUT2D eigenvalue weighted by Gasteiger charge is -2.16. The molecular weight excluding hydrogens is 256 g/mol. The highest BCUT2D eigenvalue weighted by Gasteiger charge is 2.09. The maximum absolute atomic E-state index is 4.16. The van der Waals surface area contributed by atoms with E-state index in [9.17, 15) is 0 Å². The van der Waals surface area contributed by atoms with Crippen LogP contribution in [0, 0.1) is 0 Å². The first-order valence-electron chi connectivity index (χ1n) is 6.61. The quantitative estimate of drug-likeness (QED) is 0.818. The fourth-order valence-corrected chi connectivity index (χ4v) is 2.67. The molecule has 0 amide bonds. The predicted molar refractivity (Wildman–Crippen MR) is 81.4 cm³/mol. The van der Waals surface area contributed by atoms with Gasteiger partial charge >= 0.3 is 0 Å². The first-order valence-corrected chi connectivity index (χ1v) is 7.49. The lowest BCUT2D eigenvalue weighted by atomic mass is 10.2. The van der Waals surface area contributed by atoms with Gasteiger partial charge in [0, 0.05) is 18.2 Å². The second-order valence-corrected chi connectivity index (χ2v) is 6.07. The molecule has 4 nitrogen and oxygen atoms in total. The third-order valence-corrected chi connectivity index (χ3v) is 4.02. The molecule has 1 atom stereocenters. The summed E-state index contributed by atoms with van der Waals surface area (Å²) in [5.74, 6) is 0. The molecule has 104 valence electrons. The van der Waals surface area contributed by atoms with Crippen LogP contribution in [-0.4, -0.2) is 41.8 Å². The molecule has 0 fully saturated rings. The molecule has 0 bridgehead atoms. The standard InChI is InChI=1S/C14H22N4S/c1-11(6-7-18(2)3)15-9-12-10-16-17-14(12)13-5-4-8-19-13/h4-5,8,10-11,15H,6-7,9H2,1-3H3,(H,16,17). The number of rotatable bonds is 7. The van der Waals surface area contributed by atoms with Gasteiger partial charge in [-0.25, -0.2) is 0 Å². The Labute approximate surface area is 118 Å². The van der Waals surface area contributed by atoms with Crippen LogP contribution in [-0.2, 0) is 6.54 Å². The number of hydrogen-bond acceptors (Lipinski definition) is 4. The number of nitrogens with zero attached hydrogens (tertiary/aromatic N) is 2. The van der Waals surface area contributed by atoms with Gasteiger partial charge < -0.3 is 10.2 Å². The third kappa shape index (κ3) is 4.16. The summed E-state index contributed by atoms with van der Waals surface area (Å²) in [6, 6.07) is 4.70. The van der Waals surface area contributed by atoms with Crippen molar-refractivity contribution in [1.29, 1.82) is 0 Å². The summed E-state index contributed by atoms with van der Waals surface area (Å²) >= 11 is 1.74. The second-order valence-electron chi connectivity index (χ2n) is 5.12. The van der Waals surface area contributed by atoms with Crippen molar-refractivity contribution >= 4 is 11.3 Å². The Morgan fingerprint density at radius 3 is 3.00 bits per heavy atom. The second kappa shape index (κ2) is 6.84. The molecule has 19 heavy (non-hydrogen) atoms. The molecule has 0 aliphatic heterocycles. The highest BCUT2D eigenvalue weighted by atomic mass is 32.1. The highest BCUT2D eigenvalue weighted by Crippen LogP contribution is 2.25. The van der Waals surface area contributed by atoms with Crippen LogP contribution in [0.25, 0.3) is 10.6 Å². The topological polar surface area (TPSA) is 44.0 Å². The van der Waals surface area contributed by atoms with Gasteiger partial charge in [0.15, 0.2) is 0 Å². The van der Waals surface area contributed by atoms with Crippen LogP contribution in [0.4, 0.5) is 0 Å². The molecule has 2 rings (SSSR count). The molecule has 0 aliphatic carbocycles. The van der Waals surface area contributed by atoms with Crippen molar-refractivity contribution in [2.75, 3.05) is 20.6 Å². The van der Waals surface area contributed by atoms with Gasteiger partial charge in [0.1, 0.15) is 0 Å². The zero-order chi connectivity index (χ0) is 13.7. The van der Waals surface area contributed by atoms with Crippen LogP contribution in [0.3, 0.4) is 0 Å². The Bertz CT molecular complexity index is 475. The summed E-state index contributed by atoms with van der Waals surface area (Å²) in [5, 5.41) is 12.9.